The summed E-state index contributed by atoms with van der Waals surface area (Å²) in [5, 5.41) is 1.31. The number of hydrogen-bond acceptors (Lipinski definition) is 1. The van der Waals surface area contributed by atoms with E-state index in [9.17, 15) is 4.79 Å². The summed E-state index contributed by atoms with van der Waals surface area (Å²) in [4.78, 5) is 10.7. The van der Waals surface area contributed by atoms with Crippen molar-refractivity contribution in [1.82, 2.24) is 0 Å². The quantitative estimate of drug-likeness (QED) is 0.913. The molecular weight excluding hydrogens is 281 g/mol. The van der Waals surface area contributed by atoms with Crippen molar-refractivity contribution in [3.8, 4) is 11.1 Å². The average Bonchev–Trinajstić information content (AvgIpc) is 2.38. The Labute approximate surface area is 122 Å². The Morgan fingerprint density at radius 2 is 1.68 bits per heavy atom. The smallest absolute Gasteiger partial charge is 0.221 e. The van der Waals surface area contributed by atoms with Crippen molar-refractivity contribution >= 4 is 29.1 Å². The molecular formula is C15H12Cl2NO. The molecule has 19 heavy (non-hydrogen) atoms. The molecule has 1 amide bonds. The Hall–Kier alpha value is -1.51. The maximum Gasteiger partial charge on any atom is 0.221 e. The molecule has 0 fully saturated rings. The van der Waals surface area contributed by atoms with Gasteiger partial charge in [0.1, 0.15) is 0 Å². The number of nitrogens with two attached hydrogens (primary N) is 1. The van der Waals surface area contributed by atoms with Gasteiger partial charge < -0.3 is 5.73 Å². The van der Waals surface area contributed by atoms with Crippen LogP contribution >= 0.6 is 23.2 Å². The summed E-state index contributed by atoms with van der Waals surface area (Å²) < 4.78 is 0. The van der Waals surface area contributed by atoms with Gasteiger partial charge in [-0.25, -0.2) is 0 Å². The average molecular weight is 293 g/mol. The van der Waals surface area contributed by atoms with Crippen LogP contribution in [0.25, 0.3) is 11.1 Å². The summed E-state index contributed by atoms with van der Waals surface area (Å²) in [5.41, 5.74) is 7.99. The fourth-order valence-corrected chi connectivity index (χ4v) is 2.13. The molecule has 0 aromatic heterocycles. The molecule has 0 aliphatic rings. The zero-order chi connectivity index (χ0) is 13.8. The van der Waals surface area contributed by atoms with Crippen molar-refractivity contribution in [2.75, 3.05) is 0 Å². The minimum absolute atomic E-state index is 0.440. The first-order chi connectivity index (χ1) is 9.06. The van der Waals surface area contributed by atoms with E-state index in [1.165, 1.54) is 6.42 Å². The topological polar surface area (TPSA) is 43.1 Å². The molecule has 0 saturated carbocycles. The van der Waals surface area contributed by atoms with E-state index in [1.807, 2.05) is 42.5 Å². The molecule has 0 aliphatic carbocycles. The maximum absolute atomic E-state index is 10.7. The second-order valence-corrected chi connectivity index (χ2v) is 4.97. The van der Waals surface area contributed by atoms with Crippen molar-refractivity contribution < 1.29 is 4.79 Å². The molecule has 0 aliphatic heterocycles. The predicted molar refractivity (Wildman–Crippen MR) is 79.1 cm³/mol. The zero-order valence-corrected chi connectivity index (χ0v) is 11.6. The van der Waals surface area contributed by atoms with Crippen molar-refractivity contribution in [1.29, 1.82) is 0 Å². The number of primary amides is 1. The summed E-state index contributed by atoms with van der Waals surface area (Å²) >= 11 is 12.0. The normalized spacial score (nSPS) is 10.4. The highest BCUT2D eigenvalue weighted by Crippen LogP contribution is 2.27. The molecule has 0 atom stereocenters. The predicted octanol–water partition coefficient (Wildman–Crippen LogP) is 3.89. The highest BCUT2D eigenvalue weighted by Gasteiger charge is 2.05. The van der Waals surface area contributed by atoms with Crippen LogP contribution in [-0.2, 0) is 11.2 Å². The maximum atomic E-state index is 10.7. The summed E-state index contributed by atoms with van der Waals surface area (Å²) in [7, 11) is 0. The van der Waals surface area contributed by atoms with E-state index >= 15 is 0 Å². The van der Waals surface area contributed by atoms with E-state index in [1.54, 1.807) is 0 Å². The molecule has 0 bridgehead atoms. The van der Waals surface area contributed by atoms with Crippen LogP contribution in [0.5, 0.6) is 0 Å². The lowest BCUT2D eigenvalue weighted by atomic mass is 10.0. The lowest BCUT2D eigenvalue weighted by molar-refractivity contribution is -0.115. The summed E-state index contributed by atoms with van der Waals surface area (Å²) in [6.07, 6.45) is 1.85. The monoisotopic (exact) mass is 292 g/mol. The standard InChI is InChI=1S/C15H12Cl2NO/c16-13-6-3-10(4-7-13)12-2-1-11(14(17)9-12)5-8-15(18)19/h1-4,6-9H,5H2,(H2,18,19). The minimum atomic E-state index is -0.446. The van der Waals surface area contributed by atoms with Crippen molar-refractivity contribution in [2.45, 2.75) is 6.42 Å². The van der Waals surface area contributed by atoms with Crippen molar-refractivity contribution in [2.24, 2.45) is 5.73 Å². The number of halogens is 2. The van der Waals surface area contributed by atoms with Gasteiger partial charge in [-0.15, -0.1) is 0 Å². The number of carbonyl (C=O) groups excluding carboxylic acids is 1. The number of carbonyl (C=O) groups is 1. The molecule has 0 unspecified atom stereocenters. The lowest BCUT2D eigenvalue weighted by Gasteiger charge is -2.07. The lowest BCUT2D eigenvalue weighted by Crippen LogP contribution is -2.12. The van der Waals surface area contributed by atoms with E-state index in [2.05, 4.69) is 0 Å². The highest BCUT2D eigenvalue weighted by molar-refractivity contribution is 6.31. The fourth-order valence-electron chi connectivity index (χ4n) is 1.75. The van der Waals surface area contributed by atoms with E-state index in [0.717, 1.165) is 16.7 Å². The van der Waals surface area contributed by atoms with Crippen LogP contribution in [0.4, 0.5) is 0 Å². The third-order valence-electron chi connectivity index (χ3n) is 2.75. The van der Waals surface area contributed by atoms with Crippen LogP contribution in [-0.4, -0.2) is 5.91 Å². The molecule has 0 saturated heterocycles. The SMILES string of the molecule is NC(=O)[CH]Cc1ccc(-c2ccc(Cl)cc2)cc1Cl. The molecule has 2 N–H and O–H groups in total. The van der Waals surface area contributed by atoms with E-state index in [-0.39, 0.29) is 0 Å². The van der Waals surface area contributed by atoms with Crippen LogP contribution in [0.1, 0.15) is 5.56 Å². The second-order valence-electron chi connectivity index (χ2n) is 4.12. The first-order valence-electron chi connectivity index (χ1n) is 5.73. The Morgan fingerprint density at radius 3 is 2.26 bits per heavy atom. The Morgan fingerprint density at radius 1 is 1.05 bits per heavy atom. The molecule has 4 heteroatoms. The number of rotatable bonds is 4. The largest absolute Gasteiger partial charge is 0.369 e. The third kappa shape index (κ3) is 3.72. The van der Waals surface area contributed by atoms with Gasteiger partial charge in [0.15, 0.2) is 0 Å². The molecule has 97 valence electrons. The number of hydrogen-bond donors (Lipinski definition) is 1. The van der Waals surface area contributed by atoms with Crippen LogP contribution in [0.2, 0.25) is 10.0 Å². The van der Waals surface area contributed by atoms with Crippen LogP contribution in [0.3, 0.4) is 0 Å². The molecule has 2 nitrogen and oxygen atoms in total. The molecule has 2 aromatic rings. The summed E-state index contributed by atoms with van der Waals surface area (Å²) in [6.45, 7) is 0. The van der Waals surface area contributed by atoms with Gasteiger partial charge in [0.25, 0.3) is 0 Å². The van der Waals surface area contributed by atoms with E-state index in [0.29, 0.717) is 16.5 Å². The van der Waals surface area contributed by atoms with Crippen LogP contribution < -0.4 is 5.73 Å². The Balaban J connectivity index is 2.23. The fraction of sp³-hybridized carbons (Fsp3) is 0.0667. The molecule has 1 radical (unpaired) electrons. The second kappa shape index (κ2) is 6.09. The van der Waals surface area contributed by atoms with E-state index in [4.69, 9.17) is 28.9 Å². The van der Waals surface area contributed by atoms with Gasteiger partial charge in [0.05, 0.1) is 6.42 Å². The number of benzene rings is 2. The first kappa shape index (κ1) is 13.9. The van der Waals surface area contributed by atoms with Gasteiger partial charge in [0.2, 0.25) is 5.91 Å². The summed E-state index contributed by atoms with van der Waals surface area (Å²) in [6, 6.07) is 13.3. The van der Waals surface area contributed by atoms with Gasteiger partial charge in [-0.1, -0.05) is 47.5 Å². The summed E-state index contributed by atoms with van der Waals surface area (Å²) in [5.74, 6) is -0.446. The van der Waals surface area contributed by atoms with E-state index < -0.39 is 5.91 Å². The number of amides is 1. The van der Waals surface area contributed by atoms with Crippen LogP contribution in [0.15, 0.2) is 42.5 Å². The highest BCUT2D eigenvalue weighted by atomic mass is 35.5. The van der Waals surface area contributed by atoms with Crippen molar-refractivity contribution in [3.63, 3.8) is 0 Å². The van der Waals surface area contributed by atoms with Gasteiger partial charge in [-0.3, -0.25) is 4.79 Å². The molecule has 0 spiro atoms. The van der Waals surface area contributed by atoms with Crippen molar-refractivity contribution in [3.05, 3.63) is 64.5 Å². The molecule has 0 heterocycles. The minimum Gasteiger partial charge on any atom is -0.369 e. The van der Waals surface area contributed by atoms with Gasteiger partial charge >= 0.3 is 0 Å². The first-order valence-corrected chi connectivity index (χ1v) is 6.49. The Bertz CT molecular complexity index is 594. The van der Waals surface area contributed by atoms with Gasteiger partial charge in [-0.05, 0) is 41.3 Å². The zero-order valence-electron chi connectivity index (χ0n) is 10.1. The Kier molecular flexibility index (Phi) is 4.46. The van der Waals surface area contributed by atoms with Gasteiger partial charge in [-0.2, -0.15) is 0 Å². The molecule has 2 aromatic carbocycles. The molecule has 2 rings (SSSR count). The third-order valence-corrected chi connectivity index (χ3v) is 3.36. The van der Waals surface area contributed by atoms with Crippen LogP contribution in [0, 0.1) is 6.42 Å². The van der Waals surface area contributed by atoms with Gasteiger partial charge in [0, 0.05) is 10.0 Å².